The molecular formula is C37H23NO. The van der Waals surface area contributed by atoms with E-state index in [1.807, 2.05) is 12.1 Å². The molecule has 2 nitrogen and oxygen atoms in total. The highest BCUT2D eigenvalue weighted by Crippen LogP contribution is 2.44. The van der Waals surface area contributed by atoms with Crippen LogP contribution in [0.2, 0.25) is 0 Å². The maximum atomic E-state index is 6.72. The summed E-state index contributed by atoms with van der Waals surface area (Å²) in [6.07, 6.45) is 0. The van der Waals surface area contributed by atoms with Crippen LogP contribution in [-0.2, 0) is 0 Å². The molecular weight excluding hydrogens is 474 g/mol. The average molecular weight is 498 g/mol. The molecule has 8 rings (SSSR count). The van der Waals surface area contributed by atoms with Crippen molar-refractivity contribution in [2.75, 3.05) is 0 Å². The van der Waals surface area contributed by atoms with Crippen LogP contribution < -0.4 is 0 Å². The van der Waals surface area contributed by atoms with Crippen LogP contribution in [0.25, 0.3) is 77.1 Å². The van der Waals surface area contributed by atoms with Crippen molar-refractivity contribution in [3.8, 4) is 33.6 Å². The Bertz CT molecular complexity index is 2100. The third-order valence-corrected chi connectivity index (χ3v) is 7.63. The van der Waals surface area contributed by atoms with E-state index in [2.05, 4.69) is 127 Å². The maximum Gasteiger partial charge on any atom is 0.143 e. The van der Waals surface area contributed by atoms with Gasteiger partial charge >= 0.3 is 0 Å². The second-order valence-electron chi connectivity index (χ2n) is 9.97. The van der Waals surface area contributed by atoms with Crippen molar-refractivity contribution in [3.63, 3.8) is 0 Å². The van der Waals surface area contributed by atoms with Crippen molar-refractivity contribution in [1.29, 1.82) is 0 Å². The zero-order chi connectivity index (χ0) is 25.8. The lowest BCUT2D eigenvalue weighted by Gasteiger charge is -2.12. The van der Waals surface area contributed by atoms with E-state index in [0.29, 0.717) is 0 Å². The van der Waals surface area contributed by atoms with Gasteiger partial charge in [0.25, 0.3) is 0 Å². The summed E-state index contributed by atoms with van der Waals surface area (Å²) in [5.74, 6) is 0. The van der Waals surface area contributed by atoms with E-state index in [9.17, 15) is 0 Å². The topological polar surface area (TPSA) is 26.0 Å². The average Bonchev–Trinajstić information content (AvgIpc) is 3.42. The number of rotatable bonds is 3. The van der Waals surface area contributed by atoms with Crippen molar-refractivity contribution < 1.29 is 4.42 Å². The Morgan fingerprint density at radius 3 is 1.67 bits per heavy atom. The lowest BCUT2D eigenvalue weighted by molar-refractivity contribution is 0.670. The minimum absolute atomic E-state index is 0.905. The summed E-state index contributed by atoms with van der Waals surface area (Å²) in [6, 6.07) is 48.9. The van der Waals surface area contributed by atoms with Crippen molar-refractivity contribution in [2.24, 2.45) is 0 Å². The monoisotopic (exact) mass is 497 g/mol. The first kappa shape index (κ1) is 21.8. The predicted molar refractivity (Wildman–Crippen MR) is 163 cm³/mol. The molecule has 0 bridgehead atoms. The maximum absolute atomic E-state index is 6.72. The molecule has 0 N–H and O–H groups in total. The van der Waals surface area contributed by atoms with E-state index in [1.54, 1.807) is 0 Å². The molecule has 39 heavy (non-hydrogen) atoms. The molecule has 2 heteroatoms. The second-order valence-corrected chi connectivity index (χ2v) is 9.97. The fourth-order valence-electron chi connectivity index (χ4n) is 5.80. The van der Waals surface area contributed by atoms with E-state index >= 15 is 0 Å². The van der Waals surface area contributed by atoms with Gasteiger partial charge in [0, 0.05) is 27.5 Å². The molecule has 2 aromatic heterocycles. The smallest absolute Gasteiger partial charge is 0.143 e. The SMILES string of the molecule is c1ccc(-c2cc(-c3cc4ccccc4c4c3oc3ccc5ccccc5c34)cc(-c3ccccc3)n2)cc1. The first-order valence-electron chi connectivity index (χ1n) is 13.2. The van der Waals surface area contributed by atoms with E-state index < -0.39 is 0 Å². The van der Waals surface area contributed by atoms with Crippen LogP contribution >= 0.6 is 0 Å². The van der Waals surface area contributed by atoms with Gasteiger partial charge in [0.05, 0.1) is 11.4 Å². The number of fused-ring (bicyclic) bond motifs is 7. The fraction of sp³-hybridized carbons (Fsp3) is 0. The minimum atomic E-state index is 0.905. The van der Waals surface area contributed by atoms with Gasteiger partial charge in [-0.25, -0.2) is 4.98 Å². The molecule has 0 fully saturated rings. The van der Waals surface area contributed by atoms with Gasteiger partial charge < -0.3 is 4.42 Å². The molecule has 0 aliphatic carbocycles. The zero-order valence-corrected chi connectivity index (χ0v) is 21.1. The Balaban J connectivity index is 1.51. The summed E-state index contributed by atoms with van der Waals surface area (Å²) in [5.41, 5.74) is 8.02. The Morgan fingerprint density at radius 2 is 1.00 bits per heavy atom. The van der Waals surface area contributed by atoms with Gasteiger partial charge in [0.15, 0.2) is 0 Å². The summed E-state index contributed by atoms with van der Waals surface area (Å²) in [7, 11) is 0. The zero-order valence-electron chi connectivity index (χ0n) is 21.1. The highest BCUT2D eigenvalue weighted by molar-refractivity contribution is 6.28. The molecule has 0 atom stereocenters. The summed E-state index contributed by atoms with van der Waals surface area (Å²) in [5, 5.41) is 7.14. The number of hydrogen-bond acceptors (Lipinski definition) is 2. The van der Waals surface area contributed by atoms with Gasteiger partial charge in [0.2, 0.25) is 0 Å². The minimum Gasteiger partial charge on any atom is -0.455 e. The number of pyridine rings is 1. The molecule has 0 amide bonds. The predicted octanol–water partition coefficient (Wildman–Crippen LogP) is 10.3. The van der Waals surface area contributed by atoms with Crippen molar-refractivity contribution >= 4 is 43.5 Å². The van der Waals surface area contributed by atoms with E-state index in [1.165, 1.54) is 26.9 Å². The van der Waals surface area contributed by atoms with Gasteiger partial charge in [-0.2, -0.15) is 0 Å². The second kappa shape index (κ2) is 8.68. The summed E-state index contributed by atoms with van der Waals surface area (Å²) in [6.45, 7) is 0. The third-order valence-electron chi connectivity index (χ3n) is 7.63. The normalized spacial score (nSPS) is 11.6. The van der Waals surface area contributed by atoms with Crippen LogP contribution in [0.1, 0.15) is 0 Å². The molecule has 0 aliphatic rings. The van der Waals surface area contributed by atoms with Gasteiger partial charge in [-0.15, -0.1) is 0 Å². The Labute approximate surface area is 225 Å². The van der Waals surface area contributed by atoms with E-state index in [-0.39, 0.29) is 0 Å². The molecule has 0 saturated heterocycles. The number of hydrogen-bond donors (Lipinski definition) is 0. The fourth-order valence-corrected chi connectivity index (χ4v) is 5.80. The molecule has 8 aromatic rings. The Hall–Kier alpha value is -5.21. The highest BCUT2D eigenvalue weighted by atomic mass is 16.3. The van der Waals surface area contributed by atoms with Crippen LogP contribution in [0.4, 0.5) is 0 Å². The van der Waals surface area contributed by atoms with Crippen LogP contribution in [0.3, 0.4) is 0 Å². The molecule has 2 heterocycles. The highest BCUT2D eigenvalue weighted by Gasteiger charge is 2.19. The van der Waals surface area contributed by atoms with Crippen LogP contribution in [0.5, 0.6) is 0 Å². The Kier molecular flexibility index (Phi) is 4.86. The quantitative estimate of drug-likeness (QED) is 0.243. The standard InChI is InChI=1S/C37H23NO/c1-3-12-25(13-4-1)32-22-28(23-33(38-32)26-14-5-2-6-15-26)31-21-27-16-8-10-18-30(27)36-35-29-17-9-7-11-24(29)19-20-34(35)39-37(31)36/h1-23H. The molecule has 182 valence electrons. The van der Waals surface area contributed by atoms with Gasteiger partial charge in [-0.05, 0) is 51.4 Å². The van der Waals surface area contributed by atoms with Gasteiger partial charge in [-0.3, -0.25) is 0 Å². The number of nitrogens with zero attached hydrogens (tertiary/aromatic N) is 1. The van der Waals surface area contributed by atoms with Crippen molar-refractivity contribution in [1.82, 2.24) is 4.98 Å². The summed E-state index contributed by atoms with van der Waals surface area (Å²) in [4.78, 5) is 5.09. The number of benzene rings is 6. The first-order chi connectivity index (χ1) is 19.3. The molecule has 0 spiro atoms. The summed E-state index contributed by atoms with van der Waals surface area (Å²) < 4.78 is 6.72. The van der Waals surface area contributed by atoms with Crippen LogP contribution in [0.15, 0.2) is 144 Å². The number of aromatic nitrogens is 1. The molecule has 0 radical (unpaired) electrons. The molecule has 0 unspecified atom stereocenters. The largest absolute Gasteiger partial charge is 0.455 e. The molecule has 0 saturated carbocycles. The van der Waals surface area contributed by atoms with Crippen LogP contribution in [0, 0.1) is 0 Å². The van der Waals surface area contributed by atoms with E-state index in [4.69, 9.17) is 9.40 Å². The lowest BCUT2D eigenvalue weighted by Crippen LogP contribution is -1.91. The van der Waals surface area contributed by atoms with Gasteiger partial charge in [0.1, 0.15) is 11.2 Å². The van der Waals surface area contributed by atoms with E-state index in [0.717, 1.165) is 50.2 Å². The van der Waals surface area contributed by atoms with Crippen molar-refractivity contribution in [3.05, 3.63) is 140 Å². The summed E-state index contributed by atoms with van der Waals surface area (Å²) >= 11 is 0. The van der Waals surface area contributed by atoms with Gasteiger partial charge in [-0.1, -0.05) is 115 Å². The first-order valence-corrected chi connectivity index (χ1v) is 13.2. The Morgan fingerprint density at radius 1 is 0.436 bits per heavy atom. The number of furan rings is 1. The van der Waals surface area contributed by atoms with Crippen LogP contribution in [-0.4, -0.2) is 4.98 Å². The lowest BCUT2D eigenvalue weighted by atomic mass is 9.93. The molecule has 6 aromatic carbocycles. The molecule has 0 aliphatic heterocycles. The van der Waals surface area contributed by atoms with Crippen molar-refractivity contribution in [2.45, 2.75) is 0 Å². The third kappa shape index (κ3) is 3.53.